The number of halogens is 2. The van der Waals surface area contributed by atoms with Crippen molar-refractivity contribution in [2.45, 2.75) is 0 Å². The molecular formula is C13H6BrClN4. The highest BCUT2D eigenvalue weighted by Crippen LogP contribution is 2.32. The molecule has 0 aliphatic rings. The van der Waals surface area contributed by atoms with E-state index in [1.807, 2.05) is 18.2 Å². The summed E-state index contributed by atoms with van der Waals surface area (Å²) in [6.45, 7) is 0. The average molecular weight is 334 g/mol. The van der Waals surface area contributed by atoms with Crippen molar-refractivity contribution in [3.63, 3.8) is 0 Å². The smallest absolute Gasteiger partial charge is 0.169 e. The van der Waals surface area contributed by atoms with Crippen LogP contribution in [0.25, 0.3) is 17.0 Å². The van der Waals surface area contributed by atoms with Crippen molar-refractivity contribution < 1.29 is 0 Å². The van der Waals surface area contributed by atoms with Gasteiger partial charge in [-0.05, 0) is 34.1 Å². The zero-order chi connectivity index (χ0) is 13.4. The van der Waals surface area contributed by atoms with Crippen molar-refractivity contribution in [1.29, 1.82) is 5.26 Å². The molecule has 0 atom stereocenters. The van der Waals surface area contributed by atoms with Crippen LogP contribution in [0.5, 0.6) is 0 Å². The second kappa shape index (κ2) is 4.65. The van der Waals surface area contributed by atoms with Crippen molar-refractivity contribution in [2.75, 3.05) is 0 Å². The third-order valence-corrected chi connectivity index (χ3v) is 4.03. The largest absolute Gasteiger partial charge is 0.282 e. The van der Waals surface area contributed by atoms with Gasteiger partial charge >= 0.3 is 0 Å². The van der Waals surface area contributed by atoms with E-state index in [-0.39, 0.29) is 0 Å². The van der Waals surface area contributed by atoms with Crippen molar-refractivity contribution in [3.05, 3.63) is 51.6 Å². The van der Waals surface area contributed by atoms with Gasteiger partial charge in [-0.3, -0.25) is 4.40 Å². The molecule has 0 N–H and O–H groups in total. The van der Waals surface area contributed by atoms with E-state index in [0.717, 1.165) is 10.0 Å². The van der Waals surface area contributed by atoms with E-state index in [1.165, 1.54) is 0 Å². The molecule has 0 aliphatic carbocycles. The van der Waals surface area contributed by atoms with Crippen LogP contribution in [0.2, 0.25) is 5.02 Å². The van der Waals surface area contributed by atoms with Gasteiger partial charge in [0.25, 0.3) is 0 Å². The normalized spacial score (nSPS) is 10.6. The number of benzene rings is 1. The van der Waals surface area contributed by atoms with Gasteiger partial charge in [0.2, 0.25) is 0 Å². The molecule has 6 heteroatoms. The summed E-state index contributed by atoms with van der Waals surface area (Å²) < 4.78 is 2.60. The van der Waals surface area contributed by atoms with Gasteiger partial charge in [-0.1, -0.05) is 17.7 Å². The lowest BCUT2D eigenvalue weighted by molar-refractivity contribution is 1.11. The van der Waals surface area contributed by atoms with Crippen molar-refractivity contribution >= 4 is 33.2 Å². The molecule has 92 valence electrons. The predicted molar refractivity (Wildman–Crippen MR) is 75.8 cm³/mol. The molecule has 3 rings (SSSR count). The lowest BCUT2D eigenvalue weighted by Gasteiger charge is -2.04. The minimum atomic E-state index is 0.548. The number of nitrogens with zero attached hydrogens (tertiary/aromatic N) is 4. The lowest BCUT2D eigenvalue weighted by atomic mass is 10.2. The minimum Gasteiger partial charge on any atom is -0.282 e. The number of hydrogen-bond donors (Lipinski definition) is 0. The fraction of sp³-hybridized carbons (Fsp3) is 0. The molecule has 19 heavy (non-hydrogen) atoms. The summed E-state index contributed by atoms with van der Waals surface area (Å²) in [6, 6.07) is 11.1. The standard InChI is InChI=1S/C13H6BrClN4/c14-10-3-1-2-9(12(10)15)13-18-17-11-6-8(7-16)4-5-19(11)13/h1-6H. The Balaban J connectivity index is 2.27. The monoisotopic (exact) mass is 332 g/mol. The Kier molecular flexibility index (Phi) is 2.97. The van der Waals surface area contributed by atoms with E-state index >= 15 is 0 Å². The predicted octanol–water partition coefficient (Wildman–Crippen LogP) is 3.68. The van der Waals surface area contributed by atoms with Gasteiger partial charge in [0.1, 0.15) is 0 Å². The quantitative estimate of drug-likeness (QED) is 0.682. The Morgan fingerprint density at radius 3 is 2.89 bits per heavy atom. The molecule has 0 fully saturated rings. The van der Waals surface area contributed by atoms with Crippen LogP contribution < -0.4 is 0 Å². The van der Waals surface area contributed by atoms with Crippen LogP contribution in [-0.4, -0.2) is 14.6 Å². The van der Waals surface area contributed by atoms with Crippen LogP contribution in [0.3, 0.4) is 0 Å². The topological polar surface area (TPSA) is 54.0 Å². The number of aromatic nitrogens is 3. The van der Waals surface area contributed by atoms with Crippen LogP contribution in [0.15, 0.2) is 41.0 Å². The highest BCUT2D eigenvalue weighted by Gasteiger charge is 2.13. The molecule has 0 aliphatic heterocycles. The molecule has 3 aromatic rings. The molecule has 4 nitrogen and oxygen atoms in total. The summed E-state index contributed by atoms with van der Waals surface area (Å²) in [7, 11) is 0. The summed E-state index contributed by atoms with van der Waals surface area (Å²) in [5, 5.41) is 17.7. The van der Waals surface area contributed by atoms with Gasteiger partial charge in [0.05, 0.1) is 16.7 Å². The second-order valence-corrected chi connectivity index (χ2v) is 5.11. The Bertz CT molecular complexity index is 819. The number of nitriles is 1. The highest BCUT2D eigenvalue weighted by molar-refractivity contribution is 9.10. The second-order valence-electron chi connectivity index (χ2n) is 3.88. The first-order valence-electron chi connectivity index (χ1n) is 5.40. The maximum absolute atomic E-state index is 8.87. The third-order valence-electron chi connectivity index (χ3n) is 2.73. The van der Waals surface area contributed by atoms with Gasteiger partial charge in [-0.15, -0.1) is 10.2 Å². The lowest BCUT2D eigenvalue weighted by Crippen LogP contribution is -1.91. The Hall–Kier alpha value is -1.90. The van der Waals surface area contributed by atoms with E-state index in [9.17, 15) is 0 Å². The fourth-order valence-electron chi connectivity index (χ4n) is 1.82. The molecule has 2 heterocycles. The van der Waals surface area contributed by atoms with E-state index < -0.39 is 0 Å². The maximum atomic E-state index is 8.87. The zero-order valence-electron chi connectivity index (χ0n) is 9.51. The minimum absolute atomic E-state index is 0.548. The number of fused-ring (bicyclic) bond motifs is 1. The van der Waals surface area contributed by atoms with Gasteiger partial charge in [0, 0.05) is 22.3 Å². The molecule has 0 bridgehead atoms. The first kappa shape index (κ1) is 12.2. The molecule has 0 saturated heterocycles. The molecule has 1 aromatic carbocycles. The van der Waals surface area contributed by atoms with E-state index in [1.54, 1.807) is 22.7 Å². The van der Waals surface area contributed by atoms with Gasteiger partial charge in [-0.25, -0.2) is 0 Å². The van der Waals surface area contributed by atoms with Gasteiger partial charge < -0.3 is 0 Å². The number of hydrogen-bond acceptors (Lipinski definition) is 3. The van der Waals surface area contributed by atoms with E-state index in [2.05, 4.69) is 32.2 Å². The number of pyridine rings is 1. The van der Waals surface area contributed by atoms with Crippen molar-refractivity contribution in [2.24, 2.45) is 0 Å². The molecule has 0 spiro atoms. The van der Waals surface area contributed by atoms with Crippen LogP contribution in [0.4, 0.5) is 0 Å². The van der Waals surface area contributed by atoms with Crippen molar-refractivity contribution in [1.82, 2.24) is 14.6 Å². The molecule has 0 unspecified atom stereocenters. The maximum Gasteiger partial charge on any atom is 0.169 e. The first-order chi connectivity index (χ1) is 9.20. The molecule has 2 aromatic heterocycles. The summed E-state index contributed by atoms with van der Waals surface area (Å²) in [5.74, 6) is 0.644. The Labute approximate surface area is 122 Å². The zero-order valence-corrected chi connectivity index (χ0v) is 11.9. The molecular weight excluding hydrogens is 328 g/mol. The fourth-order valence-corrected chi connectivity index (χ4v) is 2.40. The highest BCUT2D eigenvalue weighted by atomic mass is 79.9. The molecule has 0 saturated carbocycles. The van der Waals surface area contributed by atoms with E-state index in [4.69, 9.17) is 16.9 Å². The van der Waals surface area contributed by atoms with Crippen LogP contribution in [0.1, 0.15) is 5.56 Å². The molecule has 0 radical (unpaired) electrons. The third kappa shape index (κ3) is 1.99. The first-order valence-corrected chi connectivity index (χ1v) is 6.57. The summed E-state index contributed by atoms with van der Waals surface area (Å²) in [4.78, 5) is 0. The summed E-state index contributed by atoms with van der Waals surface area (Å²) in [6.07, 6.45) is 1.76. The van der Waals surface area contributed by atoms with E-state index in [0.29, 0.717) is 22.1 Å². The summed E-state index contributed by atoms with van der Waals surface area (Å²) >= 11 is 9.65. The molecule has 0 amide bonds. The Morgan fingerprint density at radius 1 is 1.26 bits per heavy atom. The van der Waals surface area contributed by atoms with Crippen LogP contribution in [0, 0.1) is 11.3 Å². The SMILES string of the molecule is N#Cc1ccn2c(-c3cccc(Br)c3Cl)nnc2c1. The average Bonchev–Trinajstić information content (AvgIpc) is 2.84. The van der Waals surface area contributed by atoms with Gasteiger partial charge in [-0.2, -0.15) is 5.26 Å². The van der Waals surface area contributed by atoms with Crippen LogP contribution in [-0.2, 0) is 0 Å². The number of rotatable bonds is 1. The van der Waals surface area contributed by atoms with Crippen LogP contribution >= 0.6 is 27.5 Å². The van der Waals surface area contributed by atoms with Gasteiger partial charge in [0.15, 0.2) is 11.5 Å². The van der Waals surface area contributed by atoms with Crippen molar-refractivity contribution in [3.8, 4) is 17.5 Å². The Morgan fingerprint density at radius 2 is 2.11 bits per heavy atom. The summed E-state index contributed by atoms with van der Waals surface area (Å²) in [5.41, 5.74) is 1.95.